The Morgan fingerprint density at radius 1 is 1.23 bits per heavy atom. The van der Waals surface area contributed by atoms with E-state index in [0.29, 0.717) is 22.8 Å². The first kappa shape index (κ1) is 19.6. The van der Waals surface area contributed by atoms with E-state index in [1.54, 1.807) is 18.8 Å². The standard InChI is InChI=1S/C22H24N6O2/c1-13-25-20(17-12-16(17)14-7-6-8-15(11-14)21(29)24-2)27-28(13)22(23)26-18-9-4-5-10-19(18)30-3/h4-11,16-17H,12H2,1-3H3,(H2,23,26)(H,24,29). The second kappa shape index (κ2) is 7.98. The number of nitrogens with zero attached hydrogens (tertiary/aromatic N) is 4. The van der Waals surface area contributed by atoms with Crippen molar-refractivity contribution < 1.29 is 9.53 Å². The minimum absolute atomic E-state index is 0.0902. The Bertz CT molecular complexity index is 1120. The van der Waals surface area contributed by atoms with Gasteiger partial charge in [0.1, 0.15) is 17.3 Å². The van der Waals surface area contributed by atoms with Gasteiger partial charge in [-0.3, -0.25) is 4.79 Å². The number of carbonyl (C=O) groups is 1. The monoisotopic (exact) mass is 404 g/mol. The van der Waals surface area contributed by atoms with Gasteiger partial charge in [-0.15, -0.1) is 5.10 Å². The van der Waals surface area contributed by atoms with Gasteiger partial charge in [-0.2, -0.15) is 4.68 Å². The van der Waals surface area contributed by atoms with Crippen LogP contribution in [0.1, 0.15) is 45.8 Å². The number of aromatic nitrogens is 3. The average Bonchev–Trinajstić information content (AvgIpc) is 3.48. The summed E-state index contributed by atoms with van der Waals surface area (Å²) in [5.41, 5.74) is 8.61. The van der Waals surface area contributed by atoms with Crippen molar-refractivity contribution in [2.24, 2.45) is 10.7 Å². The van der Waals surface area contributed by atoms with Crippen LogP contribution >= 0.6 is 0 Å². The molecule has 1 aromatic heterocycles. The summed E-state index contributed by atoms with van der Waals surface area (Å²) in [6.07, 6.45) is 0.935. The summed E-state index contributed by atoms with van der Waals surface area (Å²) in [5.74, 6) is 2.67. The van der Waals surface area contributed by atoms with Crippen molar-refractivity contribution in [2.45, 2.75) is 25.2 Å². The van der Waals surface area contributed by atoms with Crippen LogP contribution in [0.25, 0.3) is 0 Å². The quantitative estimate of drug-likeness (QED) is 0.502. The molecule has 1 heterocycles. The SMILES string of the molecule is CNC(=O)c1cccc(C2CC2c2nc(C)n(C(N)=Nc3ccccc3OC)n2)c1. The Morgan fingerprint density at radius 3 is 2.80 bits per heavy atom. The molecule has 1 fully saturated rings. The van der Waals surface area contributed by atoms with Crippen molar-refractivity contribution in [1.29, 1.82) is 0 Å². The number of benzene rings is 2. The molecule has 154 valence electrons. The van der Waals surface area contributed by atoms with Crippen LogP contribution in [-0.2, 0) is 0 Å². The molecule has 0 bridgehead atoms. The third-order valence-corrected chi connectivity index (χ3v) is 5.25. The summed E-state index contributed by atoms with van der Waals surface area (Å²) in [6.45, 7) is 1.85. The summed E-state index contributed by atoms with van der Waals surface area (Å²) in [6, 6.07) is 15.1. The fraction of sp³-hybridized carbons (Fsp3) is 0.273. The molecule has 1 aliphatic rings. The molecular weight excluding hydrogens is 380 g/mol. The lowest BCUT2D eigenvalue weighted by molar-refractivity contribution is 0.0963. The maximum Gasteiger partial charge on any atom is 0.251 e. The van der Waals surface area contributed by atoms with Gasteiger partial charge in [0, 0.05) is 18.5 Å². The highest BCUT2D eigenvalue weighted by molar-refractivity contribution is 5.94. The largest absolute Gasteiger partial charge is 0.494 e. The van der Waals surface area contributed by atoms with Crippen molar-refractivity contribution in [3.63, 3.8) is 0 Å². The maximum atomic E-state index is 11.9. The number of hydrogen-bond acceptors (Lipinski definition) is 5. The lowest BCUT2D eigenvalue weighted by atomic mass is 10.1. The number of nitrogens with one attached hydrogen (secondary N) is 1. The topological polar surface area (TPSA) is 107 Å². The zero-order valence-corrected chi connectivity index (χ0v) is 17.2. The molecule has 0 saturated heterocycles. The number of ether oxygens (including phenoxy) is 1. The van der Waals surface area contributed by atoms with Crippen molar-refractivity contribution in [3.8, 4) is 5.75 Å². The van der Waals surface area contributed by atoms with Gasteiger partial charge in [0.15, 0.2) is 5.82 Å². The first-order chi connectivity index (χ1) is 14.5. The van der Waals surface area contributed by atoms with E-state index < -0.39 is 0 Å². The van der Waals surface area contributed by atoms with E-state index in [1.807, 2.05) is 55.5 Å². The van der Waals surface area contributed by atoms with Gasteiger partial charge in [-0.05, 0) is 49.1 Å². The lowest BCUT2D eigenvalue weighted by Gasteiger charge is -2.05. The van der Waals surface area contributed by atoms with Crippen LogP contribution in [0.4, 0.5) is 5.69 Å². The Morgan fingerprint density at radius 2 is 2.03 bits per heavy atom. The van der Waals surface area contributed by atoms with Crippen LogP contribution in [0.15, 0.2) is 53.5 Å². The Balaban J connectivity index is 1.56. The van der Waals surface area contributed by atoms with E-state index in [0.717, 1.165) is 17.8 Å². The molecule has 1 saturated carbocycles. The van der Waals surface area contributed by atoms with Crippen molar-refractivity contribution >= 4 is 17.6 Å². The predicted octanol–water partition coefficient (Wildman–Crippen LogP) is 2.72. The molecule has 8 heteroatoms. The highest BCUT2D eigenvalue weighted by atomic mass is 16.5. The number of rotatable bonds is 5. The van der Waals surface area contributed by atoms with E-state index in [1.165, 1.54) is 0 Å². The summed E-state index contributed by atoms with van der Waals surface area (Å²) < 4.78 is 6.88. The number of aryl methyl sites for hydroxylation is 1. The molecule has 1 aliphatic carbocycles. The van der Waals surface area contributed by atoms with E-state index in [9.17, 15) is 4.79 Å². The van der Waals surface area contributed by atoms with Crippen LogP contribution in [0, 0.1) is 6.92 Å². The number of aliphatic imine (C=N–C) groups is 1. The third-order valence-electron chi connectivity index (χ3n) is 5.25. The first-order valence-corrected chi connectivity index (χ1v) is 9.75. The second-order valence-corrected chi connectivity index (χ2v) is 7.22. The molecule has 8 nitrogen and oxygen atoms in total. The lowest BCUT2D eigenvalue weighted by Crippen LogP contribution is -2.24. The van der Waals surface area contributed by atoms with Crippen molar-refractivity contribution in [2.75, 3.05) is 14.2 Å². The van der Waals surface area contributed by atoms with E-state index in [-0.39, 0.29) is 23.7 Å². The molecule has 3 N–H and O–H groups in total. The van der Waals surface area contributed by atoms with Gasteiger partial charge < -0.3 is 15.8 Å². The molecule has 4 rings (SSSR count). The molecule has 0 aliphatic heterocycles. The molecule has 3 aromatic rings. The Hall–Kier alpha value is -3.68. The number of methoxy groups -OCH3 is 1. The van der Waals surface area contributed by atoms with Crippen LogP contribution < -0.4 is 15.8 Å². The van der Waals surface area contributed by atoms with E-state index >= 15 is 0 Å². The molecule has 1 amide bonds. The molecule has 0 spiro atoms. The van der Waals surface area contributed by atoms with Crippen molar-refractivity contribution in [1.82, 2.24) is 20.1 Å². The third kappa shape index (κ3) is 3.76. The normalized spacial score (nSPS) is 18.2. The predicted molar refractivity (Wildman–Crippen MR) is 114 cm³/mol. The van der Waals surface area contributed by atoms with E-state index in [4.69, 9.17) is 10.5 Å². The minimum atomic E-state index is -0.0902. The summed E-state index contributed by atoms with van der Waals surface area (Å²) in [5, 5.41) is 7.26. The van der Waals surface area contributed by atoms with Crippen LogP contribution in [-0.4, -0.2) is 40.8 Å². The van der Waals surface area contributed by atoms with Gasteiger partial charge in [-0.1, -0.05) is 24.3 Å². The Kier molecular flexibility index (Phi) is 5.22. The van der Waals surface area contributed by atoms with Crippen LogP contribution in [0.2, 0.25) is 0 Å². The molecule has 0 radical (unpaired) electrons. The number of para-hydroxylation sites is 2. The maximum absolute atomic E-state index is 11.9. The number of carbonyl (C=O) groups excluding carboxylic acids is 1. The molecule has 2 aromatic carbocycles. The number of nitrogens with two attached hydrogens (primary N) is 1. The van der Waals surface area contributed by atoms with Crippen LogP contribution in [0.3, 0.4) is 0 Å². The highest BCUT2D eigenvalue weighted by Crippen LogP contribution is 2.53. The second-order valence-electron chi connectivity index (χ2n) is 7.22. The molecule has 30 heavy (non-hydrogen) atoms. The van der Waals surface area contributed by atoms with Gasteiger partial charge in [0.05, 0.1) is 7.11 Å². The molecular formula is C22H24N6O2. The van der Waals surface area contributed by atoms with Crippen molar-refractivity contribution in [3.05, 3.63) is 71.3 Å². The van der Waals surface area contributed by atoms with E-state index in [2.05, 4.69) is 20.4 Å². The zero-order chi connectivity index (χ0) is 21.3. The van der Waals surface area contributed by atoms with Gasteiger partial charge in [-0.25, -0.2) is 9.98 Å². The van der Waals surface area contributed by atoms with Crippen LogP contribution in [0.5, 0.6) is 5.75 Å². The molecule has 2 unspecified atom stereocenters. The number of amides is 1. The fourth-order valence-corrected chi connectivity index (χ4v) is 3.58. The van der Waals surface area contributed by atoms with Gasteiger partial charge in [0.25, 0.3) is 5.91 Å². The summed E-state index contributed by atoms with van der Waals surface area (Å²) >= 11 is 0. The fourth-order valence-electron chi connectivity index (χ4n) is 3.58. The Labute approximate surface area is 174 Å². The minimum Gasteiger partial charge on any atom is -0.494 e. The average molecular weight is 404 g/mol. The number of hydrogen-bond donors (Lipinski definition) is 2. The summed E-state index contributed by atoms with van der Waals surface area (Å²) in [4.78, 5) is 21.0. The zero-order valence-electron chi connectivity index (χ0n) is 17.2. The summed E-state index contributed by atoms with van der Waals surface area (Å²) in [7, 11) is 3.22. The highest BCUT2D eigenvalue weighted by Gasteiger charge is 2.43. The smallest absolute Gasteiger partial charge is 0.251 e. The first-order valence-electron chi connectivity index (χ1n) is 9.75. The van der Waals surface area contributed by atoms with Gasteiger partial charge >= 0.3 is 0 Å². The van der Waals surface area contributed by atoms with Gasteiger partial charge in [0.2, 0.25) is 5.96 Å². The molecule has 2 atom stereocenters.